The lowest BCUT2D eigenvalue weighted by Crippen LogP contribution is -2.41. The van der Waals surface area contributed by atoms with Gasteiger partial charge >= 0.3 is 0 Å². The first-order valence-corrected chi connectivity index (χ1v) is 7.97. The molecule has 0 amide bonds. The fraction of sp³-hybridized carbons (Fsp3) is 0.647. The molecular weight excluding hydrogens is 264 g/mol. The van der Waals surface area contributed by atoms with E-state index < -0.39 is 0 Å². The van der Waals surface area contributed by atoms with Crippen molar-refractivity contribution in [2.45, 2.75) is 26.2 Å². The van der Waals surface area contributed by atoms with Crippen molar-refractivity contribution in [3.05, 3.63) is 23.8 Å². The fourth-order valence-corrected chi connectivity index (χ4v) is 3.74. The first kappa shape index (κ1) is 14.7. The number of rotatable bonds is 4. The van der Waals surface area contributed by atoms with Crippen LogP contribution in [0.1, 0.15) is 31.7 Å². The number of piperidine rings is 1. The number of nitrogens with two attached hydrogens (primary N) is 1. The van der Waals surface area contributed by atoms with Crippen LogP contribution in [0, 0.1) is 11.8 Å². The molecule has 0 radical (unpaired) electrons. The summed E-state index contributed by atoms with van der Waals surface area (Å²) in [5.74, 6) is 3.62. The second kappa shape index (κ2) is 6.24. The van der Waals surface area contributed by atoms with Crippen molar-refractivity contribution in [2.75, 3.05) is 33.0 Å². The smallest absolute Gasteiger partial charge is 0.231 e. The Kier molecular flexibility index (Phi) is 4.36. The molecule has 0 aliphatic carbocycles. The highest BCUT2D eigenvalue weighted by Crippen LogP contribution is 2.35. The Morgan fingerprint density at radius 1 is 1.19 bits per heavy atom. The number of nitrogens with zero attached hydrogens (tertiary/aromatic N) is 1. The van der Waals surface area contributed by atoms with Crippen LogP contribution in [-0.4, -0.2) is 37.9 Å². The van der Waals surface area contributed by atoms with Gasteiger partial charge in [-0.1, -0.05) is 19.9 Å². The molecule has 2 N–H and O–H groups in total. The second-order valence-corrected chi connectivity index (χ2v) is 6.71. The van der Waals surface area contributed by atoms with Gasteiger partial charge in [0.2, 0.25) is 6.79 Å². The predicted octanol–water partition coefficient (Wildman–Crippen LogP) is 2.44. The SMILES string of the molecule is CC1CC(C)CN(CC(CN)c2ccc3c(c2)OCO3)C1. The molecule has 3 rings (SSSR count). The monoisotopic (exact) mass is 290 g/mol. The standard InChI is InChI=1S/C17H26N2O2/c1-12-5-13(2)9-19(8-12)10-15(7-18)14-3-4-16-17(6-14)21-11-20-16/h3-4,6,12-13,15H,5,7-11,18H2,1-2H3. The molecule has 0 saturated carbocycles. The summed E-state index contributed by atoms with van der Waals surface area (Å²) in [6.07, 6.45) is 1.34. The van der Waals surface area contributed by atoms with Crippen LogP contribution >= 0.6 is 0 Å². The molecule has 0 bridgehead atoms. The Labute approximate surface area is 127 Å². The zero-order valence-electron chi connectivity index (χ0n) is 13.0. The number of benzene rings is 1. The Bertz CT molecular complexity index is 482. The van der Waals surface area contributed by atoms with Gasteiger partial charge in [-0.2, -0.15) is 0 Å². The molecule has 1 aromatic carbocycles. The van der Waals surface area contributed by atoms with Crippen molar-refractivity contribution in [1.82, 2.24) is 4.90 Å². The fourth-order valence-electron chi connectivity index (χ4n) is 3.74. The molecular formula is C17H26N2O2. The Morgan fingerprint density at radius 2 is 1.90 bits per heavy atom. The highest BCUT2D eigenvalue weighted by atomic mass is 16.7. The third-order valence-corrected chi connectivity index (χ3v) is 4.58. The zero-order chi connectivity index (χ0) is 14.8. The van der Waals surface area contributed by atoms with Gasteiger partial charge in [-0.25, -0.2) is 0 Å². The summed E-state index contributed by atoms with van der Waals surface area (Å²) in [4.78, 5) is 2.57. The molecule has 2 heterocycles. The van der Waals surface area contributed by atoms with Crippen LogP contribution in [0.4, 0.5) is 0 Å². The van der Waals surface area contributed by atoms with Crippen LogP contribution in [0.3, 0.4) is 0 Å². The minimum atomic E-state index is 0.327. The highest BCUT2D eigenvalue weighted by Gasteiger charge is 2.25. The summed E-state index contributed by atoms with van der Waals surface area (Å²) in [6.45, 7) is 9.09. The van der Waals surface area contributed by atoms with Gasteiger partial charge in [0.1, 0.15) is 0 Å². The van der Waals surface area contributed by atoms with E-state index in [4.69, 9.17) is 15.2 Å². The van der Waals surface area contributed by atoms with Crippen LogP contribution in [0.5, 0.6) is 11.5 Å². The van der Waals surface area contributed by atoms with Gasteiger partial charge in [0, 0.05) is 32.1 Å². The second-order valence-electron chi connectivity index (χ2n) is 6.71. The molecule has 0 spiro atoms. The van der Waals surface area contributed by atoms with Crippen molar-refractivity contribution < 1.29 is 9.47 Å². The highest BCUT2D eigenvalue weighted by molar-refractivity contribution is 5.45. The third kappa shape index (κ3) is 3.33. The summed E-state index contributed by atoms with van der Waals surface area (Å²) in [6, 6.07) is 6.22. The number of hydrogen-bond acceptors (Lipinski definition) is 4. The van der Waals surface area contributed by atoms with Crippen molar-refractivity contribution in [2.24, 2.45) is 17.6 Å². The van der Waals surface area contributed by atoms with E-state index in [1.807, 2.05) is 6.07 Å². The van der Waals surface area contributed by atoms with Crippen LogP contribution in [-0.2, 0) is 0 Å². The average molecular weight is 290 g/mol. The lowest BCUT2D eigenvalue weighted by Gasteiger charge is -2.37. The van der Waals surface area contributed by atoms with E-state index in [0.29, 0.717) is 19.3 Å². The average Bonchev–Trinajstić information content (AvgIpc) is 2.91. The van der Waals surface area contributed by atoms with Gasteiger partial charge in [-0.15, -0.1) is 0 Å². The van der Waals surface area contributed by atoms with E-state index in [2.05, 4.69) is 30.9 Å². The number of fused-ring (bicyclic) bond motifs is 1. The maximum absolute atomic E-state index is 6.04. The lowest BCUT2D eigenvalue weighted by atomic mass is 9.90. The van der Waals surface area contributed by atoms with Crippen LogP contribution in [0.25, 0.3) is 0 Å². The van der Waals surface area contributed by atoms with Crippen LogP contribution in [0.2, 0.25) is 0 Å². The third-order valence-electron chi connectivity index (χ3n) is 4.58. The molecule has 4 heteroatoms. The Hall–Kier alpha value is -1.26. The minimum Gasteiger partial charge on any atom is -0.454 e. The predicted molar refractivity (Wildman–Crippen MR) is 83.7 cm³/mol. The molecule has 2 aliphatic heterocycles. The molecule has 4 nitrogen and oxygen atoms in total. The van der Waals surface area contributed by atoms with E-state index in [1.165, 1.54) is 25.1 Å². The van der Waals surface area contributed by atoms with E-state index in [-0.39, 0.29) is 0 Å². The molecule has 21 heavy (non-hydrogen) atoms. The minimum absolute atomic E-state index is 0.327. The van der Waals surface area contributed by atoms with Crippen molar-refractivity contribution in [3.63, 3.8) is 0 Å². The largest absolute Gasteiger partial charge is 0.454 e. The van der Waals surface area contributed by atoms with E-state index in [1.54, 1.807) is 0 Å². The van der Waals surface area contributed by atoms with Gasteiger partial charge in [0.25, 0.3) is 0 Å². The van der Waals surface area contributed by atoms with Gasteiger partial charge in [0.05, 0.1) is 0 Å². The Balaban J connectivity index is 1.70. The van der Waals surface area contributed by atoms with Gasteiger partial charge in [0.15, 0.2) is 11.5 Å². The molecule has 3 unspecified atom stereocenters. The summed E-state index contributed by atoms with van der Waals surface area (Å²) < 4.78 is 10.9. The summed E-state index contributed by atoms with van der Waals surface area (Å²) >= 11 is 0. The van der Waals surface area contributed by atoms with E-state index in [9.17, 15) is 0 Å². The lowest BCUT2D eigenvalue weighted by molar-refractivity contribution is 0.134. The van der Waals surface area contributed by atoms with Gasteiger partial charge in [-0.3, -0.25) is 0 Å². The molecule has 1 fully saturated rings. The van der Waals surface area contributed by atoms with Gasteiger partial charge < -0.3 is 20.1 Å². The normalized spacial score (nSPS) is 26.8. The summed E-state index contributed by atoms with van der Waals surface area (Å²) in [7, 11) is 0. The number of ether oxygens (including phenoxy) is 2. The molecule has 3 atom stereocenters. The maximum Gasteiger partial charge on any atom is 0.231 e. The van der Waals surface area contributed by atoms with Crippen molar-refractivity contribution in [3.8, 4) is 11.5 Å². The molecule has 116 valence electrons. The summed E-state index contributed by atoms with van der Waals surface area (Å²) in [5, 5.41) is 0. The van der Waals surface area contributed by atoms with Gasteiger partial charge in [-0.05, 0) is 36.0 Å². The topological polar surface area (TPSA) is 47.7 Å². The number of hydrogen-bond donors (Lipinski definition) is 1. The van der Waals surface area contributed by atoms with Crippen LogP contribution < -0.4 is 15.2 Å². The quantitative estimate of drug-likeness (QED) is 0.925. The zero-order valence-corrected chi connectivity index (χ0v) is 13.0. The van der Waals surface area contributed by atoms with E-state index in [0.717, 1.165) is 29.9 Å². The summed E-state index contributed by atoms with van der Waals surface area (Å²) in [5.41, 5.74) is 7.29. The first-order valence-electron chi connectivity index (χ1n) is 7.97. The first-order chi connectivity index (χ1) is 10.2. The van der Waals surface area contributed by atoms with Crippen LogP contribution in [0.15, 0.2) is 18.2 Å². The number of likely N-dealkylation sites (tertiary alicyclic amines) is 1. The molecule has 1 aromatic rings. The maximum atomic E-state index is 6.04. The van der Waals surface area contributed by atoms with Crippen molar-refractivity contribution in [1.29, 1.82) is 0 Å². The van der Waals surface area contributed by atoms with Crippen molar-refractivity contribution >= 4 is 0 Å². The molecule has 2 aliphatic rings. The molecule has 0 aromatic heterocycles. The van der Waals surface area contributed by atoms with E-state index >= 15 is 0 Å². The molecule has 1 saturated heterocycles. The Morgan fingerprint density at radius 3 is 2.62 bits per heavy atom.